The second-order valence-electron chi connectivity index (χ2n) is 4.30. The average Bonchev–Trinajstić information content (AvgIpc) is 2.46. The van der Waals surface area contributed by atoms with Crippen LogP contribution in [0.3, 0.4) is 0 Å². The third-order valence-electron chi connectivity index (χ3n) is 3.03. The summed E-state index contributed by atoms with van der Waals surface area (Å²) in [5.41, 5.74) is 1.96. The molecule has 0 atom stereocenters. The Kier molecular flexibility index (Phi) is 3.79. The van der Waals surface area contributed by atoms with Crippen molar-refractivity contribution >= 4 is 11.7 Å². The maximum atomic E-state index is 11.6. The van der Waals surface area contributed by atoms with Gasteiger partial charge in [-0.05, 0) is 24.1 Å². The lowest BCUT2D eigenvalue weighted by Gasteiger charge is -2.08. The van der Waals surface area contributed by atoms with Crippen LogP contribution < -0.4 is 0 Å². The molecule has 0 saturated carbocycles. The van der Waals surface area contributed by atoms with E-state index in [9.17, 15) is 14.9 Å². The molecule has 0 N–H and O–H groups in total. The fourth-order valence-electron chi connectivity index (χ4n) is 2.03. The lowest BCUT2D eigenvalue weighted by molar-refractivity contribution is -0.384. The zero-order valence-electron chi connectivity index (χ0n) is 11.1. The van der Waals surface area contributed by atoms with Gasteiger partial charge in [0.25, 0.3) is 5.69 Å². The number of hydrogen-bond acceptors (Lipinski definition) is 4. The van der Waals surface area contributed by atoms with Gasteiger partial charge in [-0.2, -0.15) is 0 Å². The number of esters is 1. The van der Waals surface area contributed by atoms with Crippen LogP contribution >= 0.6 is 0 Å². The second-order valence-corrected chi connectivity index (χ2v) is 4.30. The third kappa shape index (κ3) is 2.51. The number of rotatable bonds is 3. The van der Waals surface area contributed by atoms with Crippen LogP contribution in [-0.2, 0) is 4.74 Å². The summed E-state index contributed by atoms with van der Waals surface area (Å²) < 4.78 is 4.64. The smallest absolute Gasteiger partial charge is 0.338 e. The number of carbonyl (C=O) groups excluding carboxylic acids is 1. The van der Waals surface area contributed by atoms with Crippen molar-refractivity contribution in [2.24, 2.45) is 0 Å². The van der Waals surface area contributed by atoms with Crippen LogP contribution in [0.2, 0.25) is 0 Å². The van der Waals surface area contributed by atoms with Crippen LogP contribution in [-0.4, -0.2) is 18.0 Å². The molecule has 0 fully saturated rings. The molecule has 2 aromatic rings. The summed E-state index contributed by atoms with van der Waals surface area (Å²) in [5.74, 6) is -0.579. The van der Waals surface area contributed by atoms with Gasteiger partial charge in [-0.15, -0.1) is 0 Å². The van der Waals surface area contributed by atoms with E-state index in [2.05, 4.69) is 4.74 Å². The van der Waals surface area contributed by atoms with Crippen molar-refractivity contribution in [3.63, 3.8) is 0 Å². The molecule has 0 unspecified atom stereocenters. The van der Waals surface area contributed by atoms with Gasteiger partial charge in [-0.3, -0.25) is 10.1 Å². The minimum Gasteiger partial charge on any atom is -0.465 e. The number of aryl methyl sites for hydroxylation is 1. The van der Waals surface area contributed by atoms with Gasteiger partial charge in [0, 0.05) is 6.07 Å². The Morgan fingerprint density at radius 3 is 2.40 bits per heavy atom. The van der Waals surface area contributed by atoms with Gasteiger partial charge in [0.2, 0.25) is 0 Å². The Hall–Kier alpha value is -2.69. The highest BCUT2D eigenvalue weighted by Gasteiger charge is 2.21. The van der Waals surface area contributed by atoms with E-state index in [4.69, 9.17) is 0 Å². The summed E-state index contributed by atoms with van der Waals surface area (Å²) in [4.78, 5) is 22.3. The Morgan fingerprint density at radius 1 is 1.20 bits per heavy atom. The molecule has 0 radical (unpaired) electrons. The first-order valence-electron chi connectivity index (χ1n) is 5.97. The summed E-state index contributed by atoms with van der Waals surface area (Å²) in [7, 11) is 1.25. The standard InChI is InChI=1S/C15H13NO4/c1-10-8-13(11-6-4-3-5-7-11)14(16(18)19)9-12(10)15(17)20-2/h3-9H,1-2H3. The first kappa shape index (κ1) is 13.7. The molecular weight excluding hydrogens is 258 g/mol. The fourth-order valence-corrected chi connectivity index (χ4v) is 2.03. The minimum atomic E-state index is -0.579. The molecule has 0 aliphatic heterocycles. The van der Waals surface area contributed by atoms with Crippen LogP contribution in [0.15, 0.2) is 42.5 Å². The number of nitro groups is 1. The Labute approximate surface area is 116 Å². The monoisotopic (exact) mass is 271 g/mol. The van der Waals surface area contributed by atoms with Crippen LogP contribution in [0.4, 0.5) is 5.69 Å². The predicted molar refractivity (Wildman–Crippen MR) is 74.6 cm³/mol. The Balaban J connectivity index is 2.67. The zero-order valence-corrected chi connectivity index (χ0v) is 11.1. The molecule has 0 spiro atoms. The van der Waals surface area contributed by atoms with Crippen LogP contribution in [0.25, 0.3) is 11.1 Å². The second kappa shape index (κ2) is 5.52. The van der Waals surface area contributed by atoms with Crippen molar-refractivity contribution in [2.45, 2.75) is 6.92 Å². The quantitative estimate of drug-likeness (QED) is 0.487. The lowest BCUT2D eigenvalue weighted by Crippen LogP contribution is -2.05. The molecule has 2 rings (SSSR count). The number of nitrogens with zero attached hydrogens (tertiary/aromatic N) is 1. The number of ether oxygens (including phenoxy) is 1. The number of benzene rings is 2. The molecule has 0 aromatic heterocycles. The van der Waals surface area contributed by atoms with Crippen molar-refractivity contribution in [2.75, 3.05) is 7.11 Å². The van der Waals surface area contributed by atoms with E-state index in [1.165, 1.54) is 13.2 Å². The maximum absolute atomic E-state index is 11.6. The summed E-state index contributed by atoms with van der Waals surface area (Å²) in [6.45, 7) is 1.72. The highest BCUT2D eigenvalue weighted by atomic mass is 16.6. The molecule has 0 heterocycles. The van der Waals surface area contributed by atoms with Crippen molar-refractivity contribution in [1.82, 2.24) is 0 Å². The summed E-state index contributed by atoms with van der Waals surface area (Å²) >= 11 is 0. The largest absolute Gasteiger partial charge is 0.465 e. The average molecular weight is 271 g/mol. The summed E-state index contributed by atoms with van der Waals surface area (Å²) in [6, 6.07) is 11.9. The normalized spacial score (nSPS) is 10.1. The first-order chi connectivity index (χ1) is 9.54. The van der Waals surface area contributed by atoms with E-state index in [-0.39, 0.29) is 11.3 Å². The number of hydrogen-bond donors (Lipinski definition) is 0. The molecule has 0 saturated heterocycles. The topological polar surface area (TPSA) is 69.4 Å². The van der Waals surface area contributed by atoms with Gasteiger partial charge in [-0.25, -0.2) is 4.79 Å². The highest BCUT2D eigenvalue weighted by Crippen LogP contribution is 2.32. The van der Waals surface area contributed by atoms with E-state index >= 15 is 0 Å². The van der Waals surface area contributed by atoms with E-state index < -0.39 is 10.9 Å². The van der Waals surface area contributed by atoms with Crippen molar-refractivity contribution in [3.8, 4) is 11.1 Å². The van der Waals surface area contributed by atoms with Crippen molar-refractivity contribution in [3.05, 3.63) is 63.7 Å². The van der Waals surface area contributed by atoms with Gasteiger partial charge in [-0.1, -0.05) is 30.3 Å². The molecule has 5 nitrogen and oxygen atoms in total. The van der Waals surface area contributed by atoms with Gasteiger partial charge in [0.1, 0.15) is 0 Å². The SMILES string of the molecule is COC(=O)c1cc([N+](=O)[O-])c(-c2ccccc2)cc1C. The molecule has 20 heavy (non-hydrogen) atoms. The number of carbonyl (C=O) groups is 1. The van der Waals surface area contributed by atoms with Crippen molar-refractivity contribution in [1.29, 1.82) is 0 Å². The molecule has 102 valence electrons. The van der Waals surface area contributed by atoms with Gasteiger partial charge >= 0.3 is 5.97 Å². The molecule has 0 amide bonds. The molecule has 0 aliphatic rings. The number of methoxy groups -OCH3 is 1. The molecule has 2 aromatic carbocycles. The molecule has 5 heteroatoms. The third-order valence-corrected chi connectivity index (χ3v) is 3.03. The van der Waals surface area contributed by atoms with E-state index in [1.807, 2.05) is 18.2 Å². The lowest BCUT2D eigenvalue weighted by atomic mass is 9.98. The van der Waals surface area contributed by atoms with Crippen LogP contribution in [0.5, 0.6) is 0 Å². The molecule has 0 aliphatic carbocycles. The zero-order chi connectivity index (χ0) is 14.7. The fraction of sp³-hybridized carbons (Fsp3) is 0.133. The molecule has 0 bridgehead atoms. The Morgan fingerprint density at radius 2 is 1.85 bits per heavy atom. The summed E-state index contributed by atoms with van der Waals surface area (Å²) in [6.07, 6.45) is 0. The van der Waals surface area contributed by atoms with Crippen molar-refractivity contribution < 1.29 is 14.5 Å². The maximum Gasteiger partial charge on any atom is 0.338 e. The van der Waals surface area contributed by atoms with Gasteiger partial charge in [0.05, 0.1) is 23.2 Å². The van der Waals surface area contributed by atoms with Gasteiger partial charge in [0.15, 0.2) is 0 Å². The van der Waals surface area contributed by atoms with E-state index in [0.717, 1.165) is 5.56 Å². The van der Waals surface area contributed by atoms with E-state index in [1.54, 1.807) is 25.1 Å². The highest BCUT2D eigenvalue weighted by molar-refractivity contribution is 5.93. The van der Waals surface area contributed by atoms with Crippen LogP contribution in [0.1, 0.15) is 15.9 Å². The summed E-state index contributed by atoms with van der Waals surface area (Å²) in [5, 5.41) is 11.2. The van der Waals surface area contributed by atoms with Gasteiger partial charge < -0.3 is 4.74 Å². The van der Waals surface area contributed by atoms with Crippen LogP contribution in [0, 0.1) is 17.0 Å². The minimum absolute atomic E-state index is 0.109. The molecular formula is C15H13NO4. The Bertz CT molecular complexity index is 665. The van der Waals surface area contributed by atoms with E-state index in [0.29, 0.717) is 11.1 Å². The number of nitro benzene ring substituents is 1. The first-order valence-corrected chi connectivity index (χ1v) is 5.97. The predicted octanol–water partition coefficient (Wildman–Crippen LogP) is 3.36.